The highest BCUT2D eigenvalue weighted by Gasteiger charge is 2.38. The minimum atomic E-state index is -4.94. The lowest BCUT2D eigenvalue weighted by molar-refractivity contribution is -0.384. The Balaban J connectivity index is 2.15. The molecule has 0 saturated carbocycles. The molecule has 10 heteroatoms. The summed E-state index contributed by atoms with van der Waals surface area (Å²) in [6, 6.07) is 14.1. The van der Waals surface area contributed by atoms with Gasteiger partial charge in [0.1, 0.15) is 22.7 Å². The predicted octanol–water partition coefficient (Wildman–Crippen LogP) is 7.17. The maximum atomic E-state index is 13.9. The summed E-state index contributed by atoms with van der Waals surface area (Å²) < 4.78 is 47.2. The first kappa shape index (κ1) is 24.8. The van der Waals surface area contributed by atoms with Gasteiger partial charge in [0.25, 0.3) is 5.69 Å². The monoisotopic (exact) mass is 478 g/mol. The van der Waals surface area contributed by atoms with Crippen molar-refractivity contribution < 1.29 is 22.8 Å². The van der Waals surface area contributed by atoms with Gasteiger partial charge in [0.2, 0.25) is 0 Å². The molecule has 176 valence electrons. The number of benzene rings is 3. The van der Waals surface area contributed by atoms with Gasteiger partial charge in [0, 0.05) is 17.8 Å². The Bertz CT molecular complexity index is 1390. The van der Waals surface area contributed by atoms with Crippen molar-refractivity contribution in [2.75, 3.05) is 5.32 Å². The molecule has 7 nitrogen and oxygen atoms in total. The van der Waals surface area contributed by atoms with Crippen LogP contribution in [0.25, 0.3) is 5.57 Å². The average Bonchev–Trinajstić information content (AvgIpc) is 2.80. The Morgan fingerprint density at radius 3 is 2.17 bits per heavy atom. The maximum Gasteiger partial charge on any atom is 0.420 e. The summed E-state index contributed by atoms with van der Waals surface area (Å²) in [6.07, 6.45) is -4.94. The highest BCUT2D eigenvalue weighted by Crippen LogP contribution is 2.45. The second-order valence-corrected chi connectivity index (χ2v) is 7.57. The number of ether oxygens (including phenoxy) is 1. The Kier molecular flexibility index (Phi) is 6.79. The van der Waals surface area contributed by atoms with Gasteiger partial charge in [-0.15, -0.1) is 0 Å². The third kappa shape index (κ3) is 5.40. The molecule has 1 N–H and O–H groups in total. The van der Waals surface area contributed by atoms with Crippen molar-refractivity contribution in [2.45, 2.75) is 20.0 Å². The van der Waals surface area contributed by atoms with Crippen molar-refractivity contribution in [3.8, 4) is 23.6 Å². The average molecular weight is 478 g/mol. The van der Waals surface area contributed by atoms with E-state index in [1.807, 2.05) is 12.1 Å². The number of aryl methyl sites for hydroxylation is 2. The molecule has 3 aromatic carbocycles. The fraction of sp³-hybridized carbons (Fsp3) is 0.120. The summed E-state index contributed by atoms with van der Waals surface area (Å²) in [5.41, 5.74) is -0.108. The Morgan fingerprint density at radius 1 is 1.09 bits per heavy atom. The van der Waals surface area contributed by atoms with E-state index >= 15 is 0 Å². The van der Waals surface area contributed by atoms with Crippen molar-refractivity contribution in [1.82, 2.24) is 0 Å². The maximum absolute atomic E-state index is 13.9. The van der Waals surface area contributed by atoms with Crippen LogP contribution in [-0.2, 0) is 6.18 Å². The lowest BCUT2D eigenvalue weighted by Gasteiger charge is -2.19. The van der Waals surface area contributed by atoms with Gasteiger partial charge in [-0.25, -0.2) is 0 Å². The van der Waals surface area contributed by atoms with E-state index in [0.29, 0.717) is 34.0 Å². The van der Waals surface area contributed by atoms with Crippen LogP contribution < -0.4 is 10.1 Å². The van der Waals surface area contributed by atoms with Crippen molar-refractivity contribution >= 4 is 22.6 Å². The number of nitro groups is 1. The van der Waals surface area contributed by atoms with Gasteiger partial charge in [0.15, 0.2) is 0 Å². The molecule has 0 spiro atoms. The number of alkyl halides is 3. The summed E-state index contributed by atoms with van der Waals surface area (Å²) in [7, 11) is 0. The van der Waals surface area contributed by atoms with E-state index in [1.54, 1.807) is 26.0 Å². The summed E-state index contributed by atoms with van der Waals surface area (Å²) >= 11 is 0. The number of allylic oxidation sites excluding steroid dienone is 1. The van der Waals surface area contributed by atoms with E-state index in [1.165, 1.54) is 24.3 Å². The lowest BCUT2D eigenvalue weighted by atomic mass is 10.0. The van der Waals surface area contributed by atoms with Crippen LogP contribution in [0.4, 0.5) is 30.2 Å². The highest BCUT2D eigenvalue weighted by molar-refractivity contribution is 5.77. The zero-order valence-corrected chi connectivity index (χ0v) is 18.5. The van der Waals surface area contributed by atoms with Crippen LogP contribution in [0.1, 0.15) is 27.8 Å². The molecular weight excluding hydrogens is 461 g/mol. The van der Waals surface area contributed by atoms with Crippen LogP contribution in [0, 0.1) is 46.6 Å². The molecule has 35 heavy (non-hydrogen) atoms. The van der Waals surface area contributed by atoms with E-state index < -0.39 is 28.1 Å². The fourth-order valence-corrected chi connectivity index (χ4v) is 3.37. The van der Waals surface area contributed by atoms with Crippen LogP contribution >= 0.6 is 0 Å². The number of halogens is 3. The molecule has 0 bridgehead atoms. The second kappa shape index (κ2) is 9.57. The Morgan fingerprint density at radius 2 is 1.69 bits per heavy atom. The van der Waals surface area contributed by atoms with Crippen LogP contribution in [0.2, 0.25) is 0 Å². The molecule has 0 aliphatic heterocycles. The number of nitro benzene ring substituents is 1. The third-order valence-corrected chi connectivity index (χ3v) is 5.05. The van der Waals surface area contributed by atoms with Gasteiger partial charge in [-0.3, -0.25) is 10.1 Å². The van der Waals surface area contributed by atoms with Gasteiger partial charge in [0.05, 0.1) is 28.2 Å². The first-order valence-corrected chi connectivity index (χ1v) is 10.00. The molecule has 0 aliphatic carbocycles. The normalized spacial score (nSPS) is 10.7. The number of nitrogens with zero attached hydrogens (tertiary/aromatic N) is 3. The number of anilines is 2. The van der Waals surface area contributed by atoms with Crippen molar-refractivity contribution in [2.24, 2.45) is 0 Å². The number of rotatable bonds is 6. The van der Waals surface area contributed by atoms with Crippen LogP contribution in [0.3, 0.4) is 0 Å². The Labute approximate surface area is 198 Å². The van der Waals surface area contributed by atoms with Crippen molar-refractivity contribution in [3.05, 3.63) is 93.0 Å². The summed E-state index contributed by atoms with van der Waals surface area (Å²) in [6.45, 7) is 6.84. The van der Waals surface area contributed by atoms with Crippen LogP contribution in [-0.4, -0.2) is 4.92 Å². The van der Waals surface area contributed by atoms with Gasteiger partial charge in [-0.1, -0.05) is 6.58 Å². The van der Waals surface area contributed by atoms with Gasteiger partial charge in [-0.2, -0.15) is 23.7 Å². The molecule has 0 fully saturated rings. The largest absolute Gasteiger partial charge is 0.456 e. The first-order chi connectivity index (χ1) is 16.4. The van der Waals surface area contributed by atoms with Gasteiger partial charge >= 0.3 is 6.18 Å². The predicted molar refractivity (Wildman–Crippen MR) is 123 cm³/mol. The standard InChI is InChI=1S/C25H17F3N4O3/c1-14-8-18(16(3)12-29)9-15(2)24(14)35-23-11-21(31-19-6-4-17(13-30)5-7-19)22(32(33)34)10-20(23)25(26,27)28/h4-11,31H,3H2,1-2H3. The third-order valence-electron chi connectivity index (χ3n) is 5.05. The zero-order valence-electron chi connectivity index (χ0n) is 18.5. The van der Waals surface area contributed by atoms with Crippen LogP contribution in [0.15, 0.2) is 55.1 Å². The van der Waals surface area contributed by atoms with E-state index in [9.17, 15) is 23.3 Å². The molecule has 0 heterocycles. The van der Waals surface area contributed by atoms with Crippen LogP contribution in [0.5, 0.6) is 11.5 Å². The second-order valence-electron chi connectivity index (χ2n) is 7.57. The quantitative estimate of drug-likeness (QED) is 0.228. The van der Waals surface area contributed by atoms with Crippen molar-refractivity contribution in [3.63, 3.8) is 0 Å². The first-order valence-electron chi connectivity index (χ1n) is 10.00. The number of hydrogen-bond acceptors (Lipinski definition) is 6. The summed E-state index contributed by atoms with van der Waals surface area (Å²) in [5, 5.41) is 32.3. The Hall–Kier alpha value is -4.83. The molecule has 0 aromatic heterocycles. The number of hydrogen-bond donors (Lipinski definition) is 1. The molecule has 0 radical (unpaired) electrons. The number of nitriles is 2. The van der Waals surface area contributed by atoms with E-state index in [4.69, 9.17) is 15.3 Å². The van der Waals surface area contributed by atoms with Crippen molar-refractivity contribution in [1.29, 1.82) is 10.5 Å². The molecule has 0 unspecified atom stereocenters. The van der Waals surface area contributed by atoms with Gasteiger partial charge in [-0.05, 0) is 66.9 Å². The van der Waals surface area contributed by atoms with E-state index in [0.717, 1.165) is 6.07 Å². The highest BCUT2D eigenvalue weighted by atomic mass is 19.4. The SMILES string of the molecule is C=C(C#N)c1cc(C)c(Oc2cc(Nc3ccc(C#N)cc3)c([N+](=O)[O-])cc2C(F)(F)F)c(C)c1. The summed E-state index contributed by atoms with van der Waals surface area (Å²) in [5.74, 6) is -0.527. The number of nitrogens with one attached hydrogen (secondary N) is 1. The van der Waals surface area contributed by atoms with Gasteiger partial charge < -0.3 is 10.1 Å². The molecule has 0 saturated heterocycles. The zero-order chi connectivity index (χ0) is 25.9. The van der Waals surface area contributed by atoms with E-state index in [-0.39, 0.29) is 17.0 Å². The van der Waals surface area contributed by atoms with E-state index in [2.05, 4.69) is 11.9 Å². The fourth-order valence-electron chi connectivity index (χ4n) is 3.37. The lowest BCUT2D eigenvalue weighted by Crippen LogP contribution is -2.10. The molecule has 3 rings (SSSR count). The molecule has 3 aromatic rings. The topological polar surface area (TPSA) is 112 Å². The molecule has 0 aliphatic rings. The molecular formula is C25H17F3N4O3. The minimum Gasteiger partial charge on any atom is -0.456 e. The molecule has 0 amide bonds. The minimum absolute atomic E-state index is 0.114. The smallest absolute Gasteiger partial charge is 0.420 e. The summed E-state index contributed by atoms with van der Waals surface area (Å²) in [4.78, 5) is 10.7. The molecule has 0 atom stereocenters.